The molecule has 3 heteroatoms. The van der Waals surface area contributed by atoms with Gasteiger partial charge in [-0.1, -0.05) is 13.3 Å². The highest BCUT2D eigenvalue weighted by Gasteiger charge is 2.07. The van der Waals surface area contributed by atoms with Crippen LogP contribution in [0.25, 0.3) is 0 Å². The van der Waals surface area contributed by atoms with Crippen LogP contribution < -0.4 is 5.32 Å². The molecule has 1 aromatic heterocycles. The summed E-state index contributed by atoms with van der Waals surface area (Å²) < 4.78 is 0. The molecule has 0 amide bonds. The zero-order chi connectivity index (χ0) is 12.0. The molecule has 1 N–H and O–H groups in total. The van der Waals surface area contributed by atoms with Gasteiger partial charge in [-0.05, 0) is 46.6 Å². The third-order valence-electron chi connectivity index (χ3n) is 3.06. The summed E-state index contributed by atoms with van der Waals surface area (Å²) in [7, 11) is 2.07. The summed E-state index contributed by atoms with van der Waals surface area (Å²) in [5.74, 6) is 0. The van der Waals surface area contributed by atoms with Crippen molar-refractivity contribution in [3.05, 3.63) is 15.6 Å². The van der Waals surface area contributed by atoms with Crippen LogP contribution in [0.1, 0.15) is 48.2 Å². The molecule has 1 heterocycles. The van der Waals surface area contributed by atoms with Crippen molar-refractivity contribution < 1.29 is 0 Å². The quantitative estimate of drug-likeness (QED) is 0.789. The molecule has 2 nitrogen and oxygen atoms in total. The van der Waals surface area contributed by atoms with E-state index in [0.29, 0.717) is 6.04 Å². The Labute approximate surface area is 103 Å². The molecule has 0 aliphatic heterocycles. The first-order valence-electron chi connectivity index (χ1n) is 6.27. The molecule has 1 unspecified atom stereocenters. The molecule has 0 saturated carbocycles. The number of aromatic nitrogens is 1. The lowest BCUT2D eigenvalue weighted by atomic mass is 10.1. The standard InChI is InChI=1S/C13H24N2S/c1-5-7-12(14-4)8-6-9-13-15-10(2)11(3)16-13/h12,14H,5-9H2,1-4H3. The molecular weight excluding hydrogens is 216 g/mol. The van der Waals surface area contributed by atoms with Crippen LogP contribution in [0.4, 0.5) is 0 Å². The van der Waals surface area contributed by atoms with Crippen molar-refractivity contribution >= 4 is 11.3 Å². The third kappa shape index (κ3) is 4.22. The molecule has 0 fully saturated rings. The minimum atomic E-state index is 0.687. The van der Waals surface area contributed by atoms with Gasteiger partial charge in [-0.2, -0.15) is 0 Å². The number of thiazole rings is 1. The highest BCUT2D eigenvalue weighted by Crippen LogP contribution is 2.18. The second-order valence-corrected chi connectivity index (χ2v) is 5.70. The molecular formula is C13H24N2S. The molecule has 1 aromatic rings. The Bertz CT molecular complexity index is 287. The van der Waals surface area contributed by atoms with E-state index < -0.39 is 0 Å². The first kappa shape index (κ1) is 13.7. The summed E-state index contributed by atoms with van der Waals surface area (Å²) in [4.78, 5) is 5.95. The Morgan fingerprint density at radius 2 is 2.06 bits per heavy atom. The van der Waals surface area contributed by atoms with E-state index in [9.17, 15) is 0 Å². The molecule has 1 atom stereocenters. The maximum atomic E-state index is 4.58. The van der Waals surface area contributed by atoms with Crippen molar-refractivity contribution in [2.24, 2.45) is 0 Å². The zero-order valence-electron chi connectivity index (χ0n) is 11.0. The van der Waals surface area contributed by atoms with Gasteiger partial charge < -0.3 is 5.32 Å². The highest BCUT2D eigenvalue weighted by atomic mass is 32.1. The average molecular weight is 240 g/mol. The predicted molar refractivity (Wildman–Crippen MR) is 72.3 cm³/mol. The zero-order valence-corrected chi connectivity index (χ0v) is 11.8. The van der Waals surface area contributed by atoms with E-state index in [-0.39, 0.29) is 0 Å². The normalized spacial score (nSPS) is 13.0. The van der Waals surface area contributed by atoms with E-state index in [1.165, 1.54) is 41.3 Å². The molecule has 0 saturated heterocycles. The number of rotatable bonds is 7. The number of hydrogen-bond donors (Lipinski definition) is 1. The summed E-state index contributed by atoms with van der Waals surface area (Å²) in [6, 6.07) is 0.687. The molecule has 0 aromatic carbocycles. The Balaban J connectivity index is 2.29. The SMILES string of the molecule is CCCC(CCCc1nc(C)c(C)s1)NC. The van der Waals surface area contributed by atoms with Crippen molar-refractivity contribution in [3.8, 4) is 0 Å². The van der Waals surface area contributed by atoms with Crippen LogP contribution in [0.5, 0.6) is 0 Å². The average Bonchev–Trinajstić information content (AvgIpc) is 2.57. The van der Waals surface area contributed by atoms with E-state index in [1.54, 1.807) is 0 Å². The number of nitrogens with zero attached hydrogens (tertiary/aromatic N) is 1. The van der Waals surface area contributed by atoms with E-state index in [4.69, 9.17) is 0 Å². The lowest BCUT2D eigenvalue weighted by Crippen LogP contribution is -2.24. The van der Waals surface area contributed by atoms with Gasteiger partial charge in [0.2, 0.25) is 0 Å². The van der Waals surface area contributed by atoms with Crippen LogP contribution in [0.2, 0.25) is 0 Å². The largest absolute Gasteiger partial charge is 0.317 e. The fraction of sp³-hybridized carbons (Fsp3) is 0.769. The van der Waals surface area contributed by atoms with Crippen LogP contribution in [-0.4, -0.2) is 18.1 Å². The van der Waals surface area contributed by atoms with Crippen molar-refractivity contribution in [1.29, 1.82) is 0 Å². The summed E-state index contributed by atoms with van der Waals surface area (Å²) in [5, 5.41) is 4.70. The summed E-state index contributed by atoms with van der Waals surface area (Å²) in [5.41, 5.74) is 1.21. The fourth-order valence-corrected chi connectivity index (χ4v) is 2.90. The van der Waals surface area contributed by atoms with Crippen molar-refractivity contribution in [3.63, 3.8) is 0 Å². The second kappa shape index (κ2) is 7.02. The van der Waals surface area contributed by atoms with Gasteiger partial charge in [0.25, 0.3) is 0 Å². The van der Waals surface area contributed by atoms with Gasteiger partial charge in [0.1, 0.15) is 0 Å². The Hall–Kier alpha value is -0.410. The minimum absolute atomic E-state index is 0.687. The smallest absolute Gasteiger partial charge is 0.0930 e. The Kier molecular flexibility index (Phi) is 5.99. The molecule has 1 rings (SSSR count). The van der Waals surface area contributed by atoms with E-state index in [2.05, 4.69) is 38.1 Å². The maximum absolute atomic E-state index is 4.58. The summed E-state index contributed by atoms with van der Waals surface area (Å²) in [6.45, 7) is 6.50. The van der Waals surface area contributed by atoms with E-state index >= 15 is 0 Å². The monoisotopic (exact) mass is 240 g/mol. The van der Waals surface area contributed by atoms with Gasteiger partial charge in [0.15, 0.2) is 0 Å². The lowest BCUT2D eigenvalue weighted by molar-refractivity contribution is 0.469. The van der Waals surface area contributed by atoms with Crippen LogP contribution >= 0.6 is 11.3 Å². The number of nitrogens with one attached hydrogen (secondary N) is 1. The van der Waals surface area contributed by atoms with Crippen molar-refractivity contribution in [1.82, 2.24) is 10.3 Å². The predicted octanol–water partition coefficient (Wildman–Crippen LogP) is 3.47. The molecule has 0 aliphatic rings. The fourth-order valence-electron chi connectivity index (χ4n) is 1.93. The van der Waals surface area contributed by atoms with E-state index in [0.717, 1.165) is 6.42 Å². The molecule has 16 heavy (non-hydrogen) atoms. The first-order chi connectivity index (χ1) is 7.67. The number of aryl methyl sites for hydroxylation is 3. The molecule has 92 valence electrons. The van der Waals surface area contributed by atoms with E-state index in [1.807, 2.05) is 11.3 Å². The van der Waals surface area contributed by atoms with Gasteiger partial charge in [-0.3, -0.25) is 0 Å². The molecule has 0 bridgehead atoms. The second-order valence-electron chi connectivity index (χ2n) is 4.42. The minimum Gasteiger partial charge on any atom is -0.317 e. The van der Waals surface area contributed by atoms with Gasteiger partial charge in [0.05, 0.1) is 10.7 Å². The van der Waals surface area contributed by atoms with Crippen molar-refractivity contribution in [2.45, 2.75) is 58.9 Å². The number of hydrogen-bond acceptors (Lipinski definition) is 3. The van der Waals surface area contributed by atoms with Gasteiger partial charge in [-0.15, -0.1) is 11.3 Å². The molecule has 0 spiro atoms. The van der Waals surface area contributed by atoms with Crippen LogP contribution in [-0.2, 0) is 6.42 Å². The Morgan fingerprint density at radius 1 is 1.31 bits per heavy atom. The highest BCUT2D eigenvalue weighted by molar-refractivity contribution is 7.11. The summed E-state index contributed by atoms with van der Waals surface area (Å²) in [6.07, 6.45) is 6.20. The van der Waals surface area contributed by atoms with Crippen LogP contribution in [0.15, 0.2) is 0 Å². The lowest BCUT2D eigenvalue weighted by Gasteiger charge is -2.14. The van der Waals surface area contributed by atoms with Gasteiger partial charge in [0, 0.05) is 10.9 Å². The summed E-state index contributed by atoms with van der Waals surface area (Å²) >= 11 is 1.86. The van der Waals surface area contributed by atoms with Crippen LogP contribution in [0.3, 0.4) is 0 Å². The van der Waals surface area contributed by atoms with Gasteiger partial charge in [-0.25, -0.2) is 4.98 Å². The third-order valence-corrected chi connectivity index (χ3v) is 4.19. The van der Waals surface area contributed by atoms with Crippen molar-refractivity contribution in [2.75, 3.05) is 7.05 Å². The van der Waals surface area contributed by atoms with Gasteiger partial charge >= 0.3 is 0 Å². The first-order valence-corrected chi connectivity index (χ1v) is 7.09. The van der Waals surface area contributed by atoms with Crippen LogP contribution in [0, 0.1) is 13.8 Å². The molecule has 0 aliphatic carbocycles. The molecule has 0 radical (unpaired) electrons. The maximum Gasteiger partial charge on any atom is 0.0930 e. The Morgan fingerprint density at radius 3 is 2.56 bits per heavy atom. The topological polar surface area (TPSA) is 24.9 Å².